The summed E-state index contributed by atoms with van der Waals surface area (Å²) in [4.78, 5) is 0.384. The number of rotatable bonds is 5. The molecule has 152 valence electrons. The number of benzene rings is 1. The van der Waals surface area contributed by atoms with Crippen LogP contribution in [0.25, 0.3) is 0 Å². The summed E-state index contributed by atoms with van der Waals surface area (Å²) in [6.07, 6.45) is 5.01. The van der Waals surface area contributed by atoms with Gasteiger partial charge in [-0.05, 0) is 42.9 Å². The molecule has 0 bridgehead atoms. The van der Waals surface area contributed by atoms with Gasteiger partial charge in [-0.3, -0.25) is 0 Å². The number of nitrogens with one attached hydrogen (secondary N) is 3. The van der Waals surface area contributed by atoms with Crippen molar-refractivity contribution in [1.82, 2.24) is 9.29 Å². The average molecular weight is 410 g/mol. The first kappa shape index (κ1) is 19.4. The number of nitrogens with zero attached hydrogens (tertiary/aromatic N) is 1. The van der Waals surface area contributed by atoms with E-state index in [0.29, 0.717) is 28.5 Å². The highest BCUT2D eigenvalue weighted by Crippen LogP contribution is 2.37. The van der Waals surface area contributed by atoms with Gasteiger partial charge in [0.2, 0.25) is 0 Å². The Morgan fingerprint density at radius 2 is 2.11 bits per heavy atom. The van der Waals surface area contributed by atoms with E-state index in [-0.39, 0.29) is 11.7 Å². The third-order valence-electron chi connectivity index (χ3n) is 5.48. The Bertz CT molecular complexity index is 1000. The predicted octanol–water partition coefficient (Wildman–Crippen LogP) is 3.43. The maximum absolute atomic E-state index is 13.5. The molecule has 9 heteroatoms. The number of halogens is 2. The summed E-state index contributed by atoms with van der Waals surface area (Å²) in [5.41, 5.74) is 1.38. The summed E-state index contributed by atoms with van der Waals surface area (Å²) in [6.45, 7) is 0. The Kier molecular flexibility index (Phi) is 4.93. The topological polar surface area (TPSA) is 90.1 Å². The first-order chi connectivity index (χ1) is 13.2. The van der Waals surface area contributed by atoms with E-state index >= 15 is 0 Å². The summed E-state index contributed by atoms with van der Waals surface area (Å²) in [5.74, 6) is -1.32. The SMILES string of the molecule is Cn1cc2c(c1C(O)Nc1ccc(F)c(F)c1)CC[C@H](CC1CC1)NS2(=N)=O. The van der Waals surface area contributed by atoms with Crippen LogP contribution in [0.5, 0.6) is 0 Å². The minimum Gasteiger partial charge on any atom is -0.368 e. The van der Waals surface area contributed by atoms with Gasteiger partial charge in [-0.1, -0.05) is 12.8 Å². The number of aromatic nitrogens is 1. The van der Waals surface area contributed by atoms with Gasteiger partial charge >= 0.3 is 0 Å². The van der Waals surface area contributed by atoms with Crippen LogP contribution >= 0.6 is 0 Å². The highest BCUT2D eigenvalue weighted by molar-refractivity contribution is 7.90. The molecule has 0 saturated heterocycles. The molecule has 1 aliphatic heterocycles. The van der Waals surface area contributed by atoms with Gasteiger partial charge in [0, 0.05) is 31.0 Å². The molecule has 6 nitrogen and oxygen atoms in total. The van der Waals surface area contributed by atoms with Crippen LogP contribution in [0.4, 0.5) is 14.5 Å². The molecule has 1 fully saturated rings. The van der Waals surface area contributed by atoms with E-state index in [2.05, 4.69) is 10.0 Å². The highest BCUT2D eigenvalue weighted by Gasteiger charge is 2.33. The smallest absolute Gasteiger partial charge is 0.166 e. The molecular formula is C19H24F2N4O2S. The van der Waals surface area contributed by atoms with Gasteiger partial charge < -0.3 is 15.0 Å². The zero-order valence-corrected chi connectivity index (χ0v) is 16.4. The second-order valence-electron chi connectivity index (χ2n) is 7.73. The Morgan fingerprint density at radius 1 is 1.36 bits per heavy atom. The molecule has 2 aliphatic rings. The van der Waals surface area contributed by atoms with Gasteiger partial charge in [-0.2, -0.15) is 0 Å². The quantitative estimate of drug-likeness (QED) is 0.569. The number of aliphatic hydroxyl groups excluding tert-OH is 1. The van der Waals surface area contributed by atoms with Crippen molar-refractivity contribution in [2.75, 3.05) is 5.32 Å². The molecule has 0 amide bonds. The molecule has 3 atom stereocenters. The summed E-state index contributed by atoms with van der Waals surface area (Å²) in [7, 11) is -1.48. The van der Waals surface area contributed by atoms with Crippen molar-refractivity contribution in [3.05, 3.63) is 47.3 Å². The second-order valence-corrected chi connectivity index (χ2v) is 9.52. The van der Waals surface area contributed by atoms with Crippen LogP contribution < -0.4 is 10.0 Å². The maximum atomic E-state index is 13.5. The Labute approximate surface area is 163 Å². The third kappa shape index (κ3) is 3.78. The van der Waals surface area contributed by atoms with Gasteiger partial charge in [-0.25, -0.2) is 22.5 Å². The zero-order chi connectivity index (χ0) is 20.1. The van der Waals surface area contributed by atoms with Crippen LogP contribution in [0.15, 0.2) is 29.3 Å². The largest absolute Gasteiger partial charge is 0.368 e. The molecule has 28 heavy (non-hydrogen) atoms. The molecule has 1 aromatic heterocycles. The van der Waals surface area contributed by atoms with Crippen LogP contribution in [0, 0.1) is 22.3 Å². The normalized spacial score (nSPS) is 25.8. The van der Waals surface area contributed by atoms with Crippen molar-refractivity contribution in [3.63, 3.8) is 0 Å². The lowest BCUT2D eigenvalue weighted by Crippen LogP contribution is -2.33. The molecular weight excluding hydrogens is 386 g/mol. The van der Waals surface area contributed by atoms with Crippen LogP contribution in [0.2, 0.25) is 0 Å². The number of hydrogen-bond acceptors (Lipinski definition) is 4. The highest BCUT2D eigenvalue weighted by atomic mass is 32.2. The lowest BCUT2D eigenvalue weighted by molar-refractivity contribution is 0.198. The Hall–Kier alpha value is -1.97. The molecule has 4 N–H and O–H groups in total. The van der Waals surface area contributed by atoms with Gasteiger partial charge in [0.05, 0.1) is 10.6 Å². The summed E-state index contributed by atoms with van der Waals surface area (Å²) >= 11 is 0. The van der Waals surface area contributed by atoms with Crippen molar-refractivity contribution in [2.45, 2.75) is 49.3 Å². The Morgan fingerprint density at radius 3 is 2.79 bits per heavy atom. The van der Waals surface area contributed by atoms with Crippen molar-refractivity contribution in [1.29, 1.82) is 4.78 Å². The predicted molar refractivity (Wildman–Crippen MR) is 102 cm³/mol. The van der Waals surface area contributed by atoms with Crippen molar-refractivity contribution >= 4 is 15.6 Å². The molecule has 2 heterocycles. The lowest BCUT2D eigenvalue weighted by atomic mass is 10.0. The number of hydrogen-bond donors (Lipinski definition) is 4. The van der Waals surface area contributed by atoms with Crippen LogP contribution in [0.1, 0.15) is 43.2 Å². The van der Waals surface area contributed by atoms with E-state index in [1.165, 1.54) is 18.9 Å². The van der Waals surface area contributed by atoms with Crippen LogP contribution in [-0.4, -0.2) is 19.9 Å². The van der Waals surface area contributed by atoms with Crippen LogP contribution in [0.3, 0.4) is 0 Å². The number of fused-ring (bicyclic) bond motifs is 1. The third-order valence-corrected chi connectivity index (χ3v) is 7.12. The van der Waals surface area contributed by atoms with E-state index in [4.69, 9.17) is 4.78 Å². The van der Waals surface area contributed by atoms with Crippen molar-refractivity contribution < 1.29 is 18.1 Å². The van der Waals surface area contributed by atoms with Crippen molar-refractivity contribution in [3.8, 4) is 0 Å². The molecule has 2 aromatic rings. The molecule has 4 rings (SSSR count). The first-order valence-electron chi connectivity index (χ1n) is 9.38. The molecule has 0 radical (unpaired) electrons. The minimum absolute atomic E-state index is 0.0133. The molecule has 1 aliphatic carbocycles. The van der Waals surface area contributed by atoms with Crippen molar-refractivity contribution in [2.24, 2.45) is 13.0 Å². The fraction of sp³-hybridized carbons (Fsp3) is 0.474. The fourth-order valence-electron chi connectivity index (χ4n) is 3.93. The number of aryl methyl sites for hydroxylation is 1. The summed E-state index contributed by atoms with van der Waals surface area (Å²) in [6, 6.07) is 3.31. The van der Waals surface area contributed by atoms with E-state index in [0.717, 1.165) is 25.0 Å². The fourth-order valence-corrected chi connectivity index (χ4v) is 5.60. The standard InChI is InChI=1S/C19H24F2N4O2S/c1-25-10-17-14(6-4-13(8-11-2-3-11)24-28(17,22)27)18(25)19(26)23-12-5-7-15(20)16(21)9-12/h5,7,9-11,13,19,23,26H,2-4,6,8H2,1H3,(H2,22,24,27)/t13-,19?,28?/m1/s1. The van der Waals surface area contributed by atoms with E-state index in [1.807, 2.05) is 0 Å². The Balaban J connectivity index is 1.62. The van der Waals surface area contributed by atoms with E-state index < -0.39 is 27.8 Å². The molecule has 0 spiro atoms. The summed E-state index contributed by atoms with van der Waals surface area (Å²) < 4.78 is 52.7. The monoisotopic (exact) mass is 410 g/mol. The molecule has 2 unspecified atom stereocenters. The van der Waals surface area contributed by atoms with Gasteiger partial charge in [0.25, 0.3) is 0 Å². The first-order valence-corrected chi connectivity index (χ1v) is 10.9. The molecule has 1 aromatic carbocycles. The van der Waals surface area contributed by atoms with E-state index in [9.17, 15) is 18.1 Å². The lowest BCUT2D eigenvalue weighted by Gasteiger charge is -2.18. The molecule has 1 saturated carbocycles. The summed E-state index contributed by atoms with van der Waals surface area (Å²) in [5, 5.41) is 13.5. The number of anilines is 1. The second kappa shape index (κ2) is 7.13. The van der Waals surface area contributed by atoms with Gasteiger partial charge in [0.1, 0.15) is 9.92 Å². The zero-order valence-electron chi connectivity index (χ0n) is 15.5. The van der Waals surface area contributed by atoms with Crippen LogP contribution in [-0.2, 0) is 23.4 Å². The van der Waals surface area contributed by atoms with Gasteiger partial charge in [0.15, 0.2) is 17.9 Å². The average Bonchev–Trinajstić information content (AvgIpc) is 3.37. The number of aliphatic hydroxyl groups is 1. The minimum atomic E-state index is -3.19. The van der Waals surface area contributed by atoms with E-state index in [1.54, 1.807) is 17.8 Å². The van der Waals surface area contributed by atoms with Gasteiger partial charge in [-0.15, -0.1) is 0 Å². The maximum Gasteiger partial charge on any atom is 0.166 e.